The molecule has 4 nitrogen and oxygen atoms in total. The molecule has 2 amide bonds. The molecule has 0 bridgehead atoms. The molecule has 23 heavy (non-hydrogen) atoms. The number of fused-ring (bicyclic) bond motifs is 1. The molecule has 1 aliphatic rings. The second-order valence-corrected chi connectivity index (χ2v) is 5.56. The molecule has 1 N–H and O–H groups in total. The Morgan fingerprint density at radius 2 is 1.70 bits per heavy atom. The zero-order valence-corrected chi connectivity index (χ0v) is 12.9. The van der Waals surface area contributed by atoms with Crippen molar-refractivity contribution in [3.8, 4) is 0 Å². The van der Waals surface area contributed by atoms with Gasteiger partial charge in [0, 0.05) is 25.2 Å². The first-order valence-corrected chi connectivity index (χ1v) is 7.38. The number of benzene rings is 2. The number of hydrogen-bond donors (Lipinski definition) is 1. The number of likely N-dealkylation sites (N-methyl/N-ethyl adjacent to an activating group) is 2. The molecule has 0 unspecified atom stereocenters. The third-order valence-electron chi connectivity index (χ3n) is 4.33. The topological polar surface area (TPSA) is 49.4 Å². The summed E-state index contributed by atoms with van der Waals surface area (Å²) in [6, 6.07) is 12.6. The highest BCUT2D eigenvalue weighted by Gasteiger charge is 2.43. The van der Waals surface area contributed by atoms with Crippen LogP contribution >= 0.6 is 0 Å². The maximum atomic E-state index is 14.3. The van der Waals surface area contributed by atoms with Crippen LogP contribution in [0.1, 0.15) is 33.4 Å². The number of rotatable bonds is 2. The standard InChI is InChI=1S/C18H17FN2O2/c1-20-17(22)15-11-7-3-4-8-12(11)18(23)21(2)16(15)13-9-5-6-10-14(13)19/h3-10,15-16H,1-2H3,(H,20,22)/t15-,16-/m0/s1. The van der Waals surface area contributed by atoms with E-state index in [4.69, 9.17) is 0 Å². The number of hydrogen-bond acceptors (Lipinski definition) is 2. The molecule has 0 saturated carbocycles. The summed E-state index contributed by atoms with van der Waals surface area (Å²) in [6.45, 7) is 0. The van der Waals surface area contributed by atoms with Gasteiger partial charge in [-0.25, -0.2) is 4.39 Å². The Bertz CT molecular complexity index is 775. The highest BCUT2D eigenvalue weighted by atomic mass is 19.1. The lowest BCUT2D eigenvalue weighted by Crippen LogP contribution is -2.45. The van der Waals surface area contributed by atoms with Crippen molar-refractivity contribution in [1.29, 1.82) is 0 Å². The third kappa shape index (κ3) is 2.38. The van der Waals surface area contributed by atoms with Gasteiger partial charge >= 0.3 is 0 Å². The molecule has 1 aliphatic heterocycles. The number of nitrogens with zero attached hydrogens (tertiary/aromatic N) is 1. The van der Waals surface area contributed by atoms with Gasteiger partial charge in [0.2, 0.25) is 5.91 Å². The Morgan fingerprint density at radius 3 is 2.35 bits per heavy atom. The minimum Gasteiger partial charge on any atom is -0.359 e. The molecule has 5 heteroatoms. The molecule has 2 atom stereocenters. The Labute approximate surface area is 133 Å². The van der Waals surface area contributed by atoms with Gasteiger partial charge in [-0.3, -0.25) is 9.59 Å². The van der Waals surface area contributed by atoms with E-state index in [1.54, 1.807) is 56.6 Å². The van der Waals surface area contributed by atoms with Crippen LogP contribution in [0.15, 0.2) is 48.5 Å². The van der Waals surface area contributed by atoms with Crippen molar-refractivity contribution in [1.82, 2.24) is 10.2 Å². The summed E-state index contributed by atoms with van der Waals surface area (Å²) in [7, 11) is 3.14. The Morgan fingerprint density at radius 1 is 1.09 bits per heavy atom. The molecule has 0 fully saturated rings. The van der Waals surface area contributed by atoms with Gasteiger partial charge in [0.1, 0.15) is 5.82 Å². The number of carbonyl (C=O) groups excluding carboxylic acids is 2. The fourth-order valence-corrected chi connectivity index (χ4v) is 3.22. The summed E-state index contributed by atoms with van der Waals surface area (Å²) >= 11 is 0. The Kier molecular flexibility index (Phi) is 3.86. The maximum absolute atomic E-state index is 14.3. The summed E-state index contributed by atoms with van der Waals surface area (Å²) < 4.78 is 14.3. The summed E-state index contributed by atoms with van der Waals surface area (Å²) in [6.07, 6.45) is 0. The van der Waals surface area contributed by atoms with Crippen molar-refractivity contribution in [2.24, 2.45) is 0 Å². The van der Waals surface area contributed by atoms with Crippen LogP contribution in [0.5, 0.6) is 0 Å². The van der Waals surface area contributed by atoms with Gasteiger partial charge in [0.25, 0.3) is 5.91 Å². The van der Waals surface area contributed by atoms with Crippen LogP contribution in [-0.4, -0.2) is 30.8 Å². The van der Waals surface area contributed by atoms with Crippen LogP contribution in [-0.2, 0) is 4.79 Å². The van der Waals surface area contributed by atoms with E-state index in [9.17, 15) is 14.0 Å². The van der Waals surface area contributed by atoms with E-state index in [1.165, 1.54) is 11.0 Å². The van der Waals surface area contributed by atoms with E-state index < -0.39 is 17.8 Å². The minimum atomic E-state index is -0.682. The predicted molar refractivity (Wildman–Crippen MR) is 84.5 cm³/mol. The quantitative estimate of drug-likeness (QED) is 0.926. The summed E-state index contributed by atoms with van der Waals surface area (Å²) in [4.78, 5) is 26.6. The molecular formula is C18H17FN2O2. The first kappa shape index (κ1) is 15.2. The number of carbonyl (C=O) groups is 2. The summed E-state index contributed by atoms with van der Waals surface area (Å²) in [5.74, 6) is -1.54. The average molecular weight is 312 g/mol. The van der Waals surface area contributed by atoms with E-state index in [-0.39, 0.29) is 11.8 Å². The van der Waals surface area contributed by atoms with Gasteiger partial charge in [-0.2, -0.15) is 0 Å². The number of halogens is 1. The fraction of sp³-hybridized carbons (Fsp3) is 0.222. The van der Waals surface area contributed by atoms with E-state index in [0.29, 0.717) is 16.7 Å². The second-order valence-electron chi connectivity index (χ2n) is 5.56. The Hall–Kier alpha value is -2.69. The van der Waals surface area contributed by atoms with Crippen molar-refractivity contribution in [3.05, 3.63) is 71.0 Å². The van der Waals surface area contributed by atoms with Crippen molar-refractivity contribution < 1.29 is 14.0 Å². The van der Waals surface area contributed by atoms with Gasteiger partial charge < -0.3 is 10.2 Å². The predicted octanol–water partition coefficient (Wildman–Crippen LogP) is 2.48. The highest BCUT2D eigenvalue weighted by Crippen LogP contribution is 2.42. The molecule has 1 heterocycles. The molecule has 0 aromatic heterocycles. The van der Waals surface area contributed by atoms with Crippen LogP contribution in [0.2, 0.25) is 0 Å². The molecule has 0 saturated heterocycles. The largest absolute Gasteiger partial charge is 0.359 e. The van der Waals surface area contributed by atoms with E-state index in [1.807, 2.05) is 0 Å². The molecule has 0 radical (unpaired) electrons. The molecule has 3 rings (SSSR count). The van der Waals surface area contributed by atoms with Crippen molar-refractivity contribution in [2.75, 3.05) is 14.1 Å². The second kappa shape index (κ2) is 5.83. The third-order valence-corrected chi connectivity index (χ3v) is 4.33. The number of amides is 2. The van der Waals surface area contributed by atoms with Crippen LogP contribution < -0.4 is 5.32 Å². The maximum Gasteiger partial charge on any atom is 0.254 e. The molecule has 0 aliphatic carbocycles. The van der Waals surface area contributed by atoms with Gasteiger partial charge in [0.15, 0.2) is 0 Å². The monoisotopic (exact) mass is 312 g/mol. The lowest BCUT2D eigenvalue weighted by Gasteiger charge is -2.39. The summed E-state index contributed by atoms with van der Waals surface area (Å²) in [5, 5.41) is 2.63. The highest BCUT2D eigenvalue weighted by molar-refractivity contribution is 6.01. The van der Waals surface area contributed by atoms with Crippen LogP contribution in [0.25, 0.3) is 0 Å². The minimum absolute atomic E-state index is 0.214. The van der Waals surface area contributed by atoms with Gasteiger partial charge in [0.05, 0.1) is 12.0 Å². The van der Waals surface area contributed by atoms with Gasteiger partial charge in [-0.15, -0.1) is 0 Å². The molecule has 0 spiro atoms. The smallest absolute Gasteiger partial charge is 0.254 e. The molecule has 2 aromatic carbocycles. The molecule has 118 valence electrons. The lowest BCUT2D eigenvalue weighted by atomic mass is 9.79. The lowest BCUT2D eigenvalue weighted by molar-refractivity contribution is -0.123. The van der Waals surface area contributed by atoms with Gasteiger partial charge in [-0.05, 0) is 17.7 Å². The molecular weight excluding hydrogens is 295 g/mol. The van der Waals surface area contributed by atoms with E-state index >= 15 is 0 Å². The first-order chi connectivity index (χ1) is 11.1. The van der Waals surface area contributed by atoms with Crippen LogP contribution in [0.3, 0.4) is 0 Å². The number of nitrogens with one attached hydrogen (secondary N) is 1. The Balaban J connectivity index is 2.23. The van der Waals surface area contributed by atoms with Crippen LogP contribution in [0.4, 0.5) is 4.39 Å². The fourth-order valence-electron chi connectivity index (χ4n) is 3.22. The average Bonchev–Trinajstić information content (AvgIpc) is 2.58. The normalized spacial score (nSPS) is 20.1. The summed E-state index contributed by atoms with van der Waals surface area (Å²) in [5.41, 5.74) is 1.45. The first-order valence-electron chi connectivity index (χ1n) is 7.38. The zero-order valence-electron chi connectivity index (χ0n) is 12.9. The zero-order chi connectivity index (χ0) is 16.6. The van der Waals surface area contributed by atoms with Crippen molar-refractivity contribution in [3.63, 3.8) is 0 Å². The van der Waals surface area contributed by atoms with Crippen LogP contribution in [0, 0.1) is 5.82 Å². The van der Waals surface area contributed by atoms with Crippen molar-refractivity contribution >= 4 is 11.8 Å². The SMILES string of the molecule is CNC(=O)[C@H]1c2ccccc2C(=O)N(C)[C@H]1c1ccccc1F. The molecule has 2 aromatic rings. The van der Waals surface area contributed by atoms with Gasteiger partial charge in [-0.1, -0.05) is 36.4 Å². The van der Waals surface area contributed by atoms with E-state index in [2.05, 4.69) is 5.32 Å². The van der Waals surface area contributed by atoms with Crippen molar-refractivity contribution in [2.45, 2.75) is 12.0 Å². The van der Waals surface area contributed by atoms with E-state index in [0.717, 1.165) is 0 Å².